The molecule has 1 saturated heterocycles. The number of hydrogen-bond donors (Lipinski definition) is 1. The van der Waals surface area contributed by atoms with Crippen LogP contribution >= 0.6 is 0 Å². The zero-order valence-electron chi connectivity index (χ0n) is 17.7. The number of rotatable bonds is 3. The molecule has 2 nitrogen and oxygen atoms in total. The summed E-state index contributed by atoms with van der Waals surface area (Å²) in [5.41, 5.74) is 8.42. The van der Waals surface area contributed by atoms with Crippen LogP contribution in [0, 0.1) is 26.7 Å². The van der Waals surface area contributed by atoms with Crippen LogP contribution in [0.15, 0.2) is 36.4 Å². The summed E-state index contributed by atoms with van der Waals surface area (Å²) < 4.78 is 0. The number of aryl methyl sites for hydroxylation is 3. The van der Waals surface area contributed by atoms with Crippen LogP contribution in [0.25, 0.3) is 0 Å². The van der Waals surface area contributed by atoms with E-state index in [4.69, 9.17) is 0 Å². The molecule has 2 aromatic carbocycles. The van der Waals surface area contributed by atoms with Crippen molar-refractivity contribution in [3.63, 3.8) is 0 Å². The maximum Gasteiger partial charge on any atom is 0.0795 e. The molecule has 0 amide bonds. The number of piperidine rings is 1. The first kappa shape index (κ1) is 19.7. The van der Waals surface area contributed by atoms with E-state index in [1.54, 1.807) is 5.56 Å². The summed E-state index contributed by atoms with van der Waals surface area (Å²) in [7, 11) is 0. The van der Waals surface area contributed by atoms with Gasteiger partial charge in [0.1, 0.15) is 0 Å². The number of benzene rings is 2. The minimum atomic E-state index is -0.297. The van der Waals surface area contributed by atoms with E-state index in [9.17, 15) is 5.11 Å². The van der Waals surface area contributed by atoms with E-state index in [-0.39, 0.29) is 6.10 Å². The minimum absolute atomic E-state index is 0.297. The second-order valence-electron chi connectivity index (χ2n) is 9.18. The fourth-order valence-electron chi connectivity index (χ4n) is 5.69. The molecular formula is C26H35NO. The Balaban J connectivity index is 1.36. The van der Waals surface area contributed by atoms with Crippen molar-refractivity contribution in [1.82, 2.24) is 4.90 Å². The molecule has 150 valence electrons. The lowest BCUT2D eigenvalue weighted by molar-refractivity contribution is 0.117. The van der Waals surface area contributed by atoms with Crippen LogP contribution in [-0.4, -0.2) is 29.6 Å². The Kier molecular flexibility index (Phi) is 5.89. The Morgan fingerprint density at radius 3 is 2.25 bits per heavy atom. The summed E-state index contributed by atoms with van der Waals surface area (Å²) >= 11 is 0. The van der Waals surface area contributed by atoms with E-state index >= 15 is 0 Å². The highest BCUT2D eigenvalue weighted by atomic mass is 16.3. The number of likely N-dealkylation sites (tertiary alicyclic amines) is 1. The van der Waals surface area contributed by atoms with Gasteiger partial charge in [-0.3, -0.25) is 0 Å². The van der Waals surface area contributed by atoms with Crippen molar-refractivity contribution in [1.29, 1.82) is 0 Å². The van der Waals surface area contributed by atoms with Gasteiger partial charge in [-0.15, -0.1) is 0 Å². The summed E-state index contributed by atoms with van der Waals surface area (Å²) in [5, 5.41) is 10.8. The fraction of sp³-hybridized carbons (Fsp3) is 0.538. The Bertz CT molecular complexity index is 799. The molecule has 1 aliphatic carbocycles. The van der Waals surface area contributed by atoms with Gasteiger partial charge < -0.3 is 10.0 Å². The van der Waals surface area contributed by atoms with Crippen molar-refractivity contribution in [2.24, 2.45) is 5.92 Å². The van der Waals surface area contributed by atoms with E-state index in [0.29, 0.717) is 11.8 Å². The number of nitrogens with zero attached hydrogens (tertiary/aromatic N) is 1. The number of fused-ring (bicyclic) bond motifs is 1. The molecule has 28 heavy (non-hydrogen) atoms. The zero-order chi connectivity index (χ0) is 19.7. The molecular weight excluding hydrogens is 342 g/mol. The molecule has 1 fully saturated rings. The molecule has 2 unspecified atom stereocenters. The monoisotopic (exact) mass is 377 g/mol. The summed E-state index contributed by atoms with van der Waals surface area (Å²) in [6, 6.07) is 13.1. The molecule has 4 rings (SSSR count). The average molecular weight is 378 g/mol. The summed E-state index contributed by atoms with van der Waals surface area (Å²) in [6.07, 6.45) is 5.46. The van der Waals surface area contributed by atoms with Gasteiger partial charge in [-0.05, 0) is 111 Å². The van der Waals surface area contributed by atoms with Gasteiger partial charge >= 0.3 is 0 Å². The first-order chi connectivity index (χ1) is 13.5. The topological polar surface area (TPSA) is 23.5 Å². The third kappa shape index (κ3) is 4.04. The van der Waals surface area contributed by atoms with Crippen LogP contribution in [0.3, 0.4) is 0 Å². The Hall–Kier alpha value is -1.64. The van der Waals surface area contributed by atoms with Crippen LogP contribution in [0.1, 0.15) is 71.1 Å². The second kappa shape index (κ2) is 8.39. The van der Waals surface area contributed by atoms with Crippen molar-refractivity contribution in [3.8, 4) is 0 Å². The van der Waals surface area contributed by atoms with Crippen LogP contribution in [0.4, 0.5) is 0 Å². The lowest BCUT2D eigenvalue weighted by Crippen LogP contribution is -2.37. The highest BCUT2D eigenvalue weighted by Crippen LogP contribution is 2.36. The van der Waals surface area contributed by atoms with E-state index in [0.717, 1.165) is 19.4 Å². The first-order valence-corrected chi connectivity index (χ1v) is 11.1. The lowest BCUT2D eigenvalue weighted by Gasteiger charge is -2.35. The highest BCUT2D eigenvalue weighted by Gasteiger charge is 2.28. The third-order valence-corrected chi connectivity index (χ3v) is 7.22. The third-order valence-electron chi connectivity index (χ3n) is 7.22. The van der Waals surface area contributed by atoms with Crippen molar-refractivity contribution in [2.75, 3.05) is 19.6 Å². The standard InChI is InChI=1S/C26H35NO/c1-18-6-5-9-24-23(18)11-10-21(16-25(24)28)17-27-14-12-22(13-15-27)26-19(2)7-4-8-20(26)3/h4-9,21-22,25,28H,10-17H2,1-3H3. The second-order valence-corrected chi connectivity index (χ2v) is 9.18. The maximum atomic E-state index is 10.8. The van der Waals surface area contributed by atoms with Crippen molar-refractivity contribution >= 4 is 0 Å². The summed E-state index contributed by atoms with van der Waals surface area (Å²) in [4.78, 5) is 2.66. The Morgan fingerprint density at radius 1 is 0.893 bits per heavy atom. The predicted molar refractivity (Wildman–Crippen MR) is 117 cm³/mol. The molecule has 2 aliphatic rings. The van der Waals surface area contributed by atoms with Gasteiger partial charge in [0.25, 0.3) is 0 Å². The fourth-order valence-corrected chi connectivity index (χ4v) is 5.69. The van der Waals surface area contributed by atoms with E-state index in [1.165, 1.54) is 60.2 Å². The van der Waals surface area contributed by atoms with E-state index in [1.807, 2.05) is 0 Å². The van der Waals surface area contributed by atoms with Gasteiger partial charge in [-0.25, -0.2) is 0 Å². The first-order valence-electron chi connectivity index (χ1n) is 11.1. The largest absolute Gasteiger partial charge is 0.388 e. The molecule has 1 heterocycles. The summed E-state index contributed by atoms with van der Waals surface area (Å²) in [5.74, 6) is 1.31. The Labute approximate surface area is 170 Å². The van der Waals surface area contributed by atoms with Crippen molar-refractivity contribution in [2.45, 2.75) is 64.9 Å². The normalized spacial score (nSPS) is 24.0. The van der Waals surface area contributed by atoms with Gasteiger partial charge in [-0.2, -0.15) is 0 Å². The van der Waals surface area contributed by atoms with E-state index < -0.39 is 0 Å². The quantitative estimate of drug-likeness (QED) is 0.716. The molecule has 0 spiro atoms. The maximum absolute atomic E-state index is 10.8. The predicted octanol–water partition coefficient (Wildman–Crippen LogP) is 5.48. The van der Waals surface area contributed by atoms with Crippen LogP contribution < -0.4 is 0 Å². The van der Waals surface area contributed by atoms with Gasteiger partial charge in [0.2, 0.25) is 0 Å². The summed E-state index contributed by atoms with van der Waals surface area (Å²) in [6.45, 7) is 10.2. The SMILES string of the molecule is Cc1cccc2c1CCC(CN1CCC(c3c(C)cccc3C)CC1)CC2O. The molecule has 2 aromatic rings. The highest BCUT2D eigenvalue weighted by molar-refractivity contribution is 5.38. The van der Waals surface area contributed by atoms with Gasteiger partial charge in [-0.1, -0.05) is 36.4 Å². The molecule has 1 N–H and O–H groups in total. The van der Waals surface area contributed by atoms with Crippen LogP contribution in [-0.2, 0) is 6.42 Å². The Morgan fingerprint density at radius 2 is 1.54 bits per heavy atom. The van der Waals surface area contributed by atoms with Gasteiger partial charge in [0, 0.05) is 6.54 Å². The van der Waals surface area contributed by atoms with Gasteiger partial charge in [0.15, 0.2) is 0 Å². The number of hydrogen-bond acceptors (Lipinski definition) is 2. The molecule has 2 atom stereocenters. The van der Waals surface area contributed by atoms with Crippen LogP contribution in [0.2, 0.25) is 0 Å². The zero-order valence-corrected chi connectivity index (χ0v) is 17.7. The minimum Gasteiger partial charge on any atom is -0.388 e. The molecule has 0 radical (unpaired) electrons. The smallest absolute Gasteiger partial charge is 0.0795 e. The van der Waals surface area contributed by atoms with Crippen molar-refractivity contribution in [3.05, 3.63) is 69.8 Å². The van der Waals surface area contributed by atoms with Crippen molar-refractivity contribution < 1.29 is 5.11 Å². The number of aliphatic hydroxyl groups excluding tert-OH is 1. The molecule has 1 aliphatic heterocycles. The van der Waals surface area contributed by atoms with Gasteiger partial charge in [0.05, 0.1) is 6.10 Å². The molecule has 2 heteroatoms. The molecule has 0 bridgehead atoms. The molecule has 0 aromatic heterocycles. The lowest BCUT2D eigenvalue weighted by atomic mass is 9.84. The van der Waals surface area contributed by atoms with E-state index in [2.05, 4.69) is 62.1 Å². The molecule has 0 saturated carbocycles. The van der Waals surface area contributed by atoms with Crippen LogP contribution in [0.5, 0.6) is 0 Å². The average Bonchev–Trinajstić information content (AvgIpc) is 2.83. The number of aliphatic hydroxyl groups is 1.